The minimum Gasteiger partial charge on any atom is -0.355 e. The summed E-state index contributed by atoms with van der Waals surface area (Å²) in [5.74, 6) is 0.957. The van der Waals surface area contributed by atoms with E-state index in [0.29, 0.717) is 6.54 Å². The zero-order valence-electron chi connectivity index (χ0n) is 10.1. The van der Waals surface area contributed by atoms with Crippen molar-refractivity contribution in [2.75, 3.05) is 24.5 Å². The zero-order chi connectivity index (χ0) is 12.1. The van der Waals surface area contributed by atoms with Crippen LogP contribution in [0, 0.1) is 0 Å². The summed E-state index contributed by atoms with van der Waals surface area (Å²) in [6.07, 6.45) is 2.77. The van der Waals surface area contributed by atoms with Crippen LogP contribution in [0.1, 0.15) is 13.3 Å². The Balaban J connectivity index is 2.38. The first kappa shape index (κ1) is 11.8. The molecule has 90 valence electrons. The van der Waals surface area contributed by atoms with Gasteiger partial charge in [-0.15, -0.1) is 5.10 Å². The monoisotopic (exact) mass is 230 g/mol. The summed E-state index contributed by atoms with van der Waals surface area (Å²) in [5.41, 5.74) is 5.56. The summed E-state index contributed by atoms with van der Waals surface area (Å²) >= 11 is 0. The molecular weight excluding hydrogens is 212 g/mol. The second-order valence-electron chi connectivity index (χ2n) is 3.98. The summed E-state index contributed by atoms with van der Waals surface area (Å²) in [5, 5.41) is 10.6. The largest absolute Gasteiger partial charge is 0.355 e. The SMILES string of the molecule is CCN(CCCN)c1nncc2ccccc12. The third-order valence-electron chi connectivity index (χ3n) is 2.86. The molecule has 2 N–H and O–H groups in total. The Morgan fingerprint density at radius 3 is 2.88 bits per heavy atom. The van der Waals surface area contributed by atoms with Crippen LogP contribution in [0.15, 0.2) is 30.5 Å². The predicted octanol–water partition coefficient (Wildman–Crippen LogP) is 1.80. The van der Waals surface area contributed by atoms with Crippen LogP contribution in [0.5, 0.6) is 0 Å². The smallest absolute Gasteiger partial charge is 0.159 e. The van der Waals surface area contributed by atoms with E-state index in [0.717, 1.165) is 36.1 Å². The fraction of sp³-hybridized carbons (Fsp3) is 0.385. The molecular formula is C13H18N4. The lowest BCUT2D eigenvalue weighted by Crippen LogP contribution is -2.27. The number of anilines is 1. The number of benzene rings is 1. The molecule has 0 aliphatic heterocycles. The Morgan fingerprint density at radius 2 is 2.12 bits per heavy atom. The predicted molar refractivity (Wildman–Crippen MR) is 71.1 cm³/mol. The Labute approximate surface area is 101 Å². The highest BCUT2D eigenvalue weighted by Gasteiger charge is 2.09. The number of aromatic nitrogens is 2. The molecule has 2 rings (SSSR count). The topological polar surface area (TPSA) is 55.0 Å². The van der Waals surface area contributed by atoms with E-state index in [1.165, 1.54) is 0 Å². The molecule has 0 aliphatic rings. The van der Waals surface area contributed by atoms with Crippen molar-refractivity contribution in [1.82, 2.24) is 10.2 Å². The number of fused-ring (bicyclic) bond motifs is 1. The molecule has 4 nitrogen and oxygen atoms in total. The molecule has 0 fully saturated rings. The average molecular weight is 230 g/mol. The first-order valence-electron chi connectivity index (χ1n) is 6.02. The van der Waals surface area contributed by atoms with Gasteiger partial charge < -0.3 is 10.6 Å². The van der Waals surface area contributed by atoms with Gasteiger partial charge >= 0.3 is 0 Å². The van der Waals surface area contributed by atoms with E-state index in [-0.39, 0.29) is 0 Å². The maximum atomic E-state index is 5.56. The van der Waals surface area contributed by atoms with Crippen LogP contribution in [0.3, 0.4) is 0 Å². The summed E-state index contributed by atoms with van der Waals surface area (Å²) in [6.45, 7) is 4.67. The summed E-state index contributed by atoms with van der Waals surface area (Å²) < 4.78 is 0. The molecule has 1 aromatic heterocycles. The minimum atomic E-state index is 0.703. The maximum Gasteiger partial charge on any atom is 0.159 e. The van der Waals surface area contributed by atoms with Gasteiger partial charge in [0.1, 0.15) is 0 Å². The van der Waals surface area contributed by atoms with Crippen LogP contribution >= 0.6 is 0 Å². The Hall–Kier alpha value is -1.68. The van der Waals surface area contributed by atoms with Gasteiger partial charge in [-0.2, -0.15) is 5.10 Å². The van der Waals surface area contributed by atoms with Crippen LogP contribution in [0.2, 0.25) is 0 Å². The molecule has 0 spiro atoms. The molecule has 4 heteroatoms. The highest BCUT2D eigenvalue weighted by atomic mass is 15.3. The van der Waals surface area contributed by atoms with Gasteiger partial charge in [-0.3, -0.25) is 0 Å². The van der Waals surface area contributed by atoms with Gasteiger partial charge in [0.25, 0.3) is 0 Å². The van der Waals surface area contributed by atoms with Gasteiger partial charge in [-0.25, -0.2) is 0 Å². The maximum absolute atomic E-state index is 5.56. The standard InChI is InChI=1S/C13H18N4/c1-2-17(9-5-8-14)13-12-7-4-3-6-11(12)10-15-16-13/h3-4,6-7,10H,2,5,8-9,14H2,1H3. The van der Waals surface area contributed by atoms with Crippen molar-refractivity contribution in [3.8, 4) is 0 Å². The van der Waals surface area contributed by atoms with Crippen molar-refractivity contribution < 1.29 is 0 Å². The first-order chi connectivity index (χ1) is 8.36. The Bertz CT molecular complexity index is 478. The van der Waals surface area contributed by atoms with E-state index in [9.17, 15) is 0 Å². The molecule has 0 bridgehead atoms. The number of hydrogen-bond acceptors (Lipinski definition) is 4. The van der Waals surface area contributed by atoms with E-state index in [2.05, 4.69) is 34.2 Å². The lowest BCUT2D eigenvalue weighted by atomic mass is 10.2. The van der Waals surface area contributed by atoms with Gasteiger partial charge in [-0.05, 0) is 19.9 Å². The van der Waals surface area contributed by atoms with Crippen molar-refractivity contribution >= 4 is 16.6 Å². The molecule has 0 unspecified atom stereocenters. The van der Waals surface area contributed by atoms with Crippen molar-refractivity contribution in [2.24, 2.45) is 5.73 Å². The molecule has 0 amide bonds. The van der Waals surface area contributed by atoms with Crippen molar-refractivity contribution in [1.29, 1.82) is 0 Å². The van der Waals surface area contributed by atoms with E-state index in [1.807, 2.05) is 12.1 Å². The average Bonchev–Trinajstić information content (AvgIpc) is 2.40. The van der Waals surface area contributed by atoms with E-state index < -0.39 is 0 Å². The lowest BCUT2D eigenvalue weighted by molar-refractivity contribution is 0.741. The van der Waals surface area contributed by atoms with Crippen LogP contribution < -0.4 is 10.6 Å². The molecule has 1 heterocycles. The minimum absolute atomic E-state index is 0.703. The molecule has 0 aliphatic carbocycles. The summed E-state index contributed by atoms with van der Waals surface area (Å²) in [6, 6.07) is 8.20. The fourth-order valence-corrected chi connectivity index (χ4v) is 1.94. The third kappa shape index (κ3) is 2.53. The van der Waals surface area contributed by atoms with Gasteiger partial charge in [0.2, 0.25) is 0 Å². The highest BCUT2D eigenvalue weighted by molar-refractivity contribution is 5.91. The highest BCUT2D eigenvalue weighted by Crippen LogP contribution is 2.22. The van der Waals surface area contributed by atoms with E-state index >= 15 is 0 Å². The molecule has 2 aromatic rings. The third-order valence-corrected chi connectivity index (χ3v) is 2.86. The molecule has 17 heavy (non-hydrogen) atoms. The number of nitrogens with zero attached hydrogens (tertiary/aromatic N) is 3. The number of nitrogens with two attached hydrogens (primary N) is 1. The van der Waals surface area contributed by atoms with E-state index in [1.54, 1.807) is 6.20 Å². The first-order valence-corrected chi connectivity index (χ1v) is 6.02. The summed E-state index contributed by atoms with van der Waals surface area (Å²) in [4.78, 5) is 2.22. The van der Waals surface area contributed by atoms with Crippen molar-refractivity contribution in [3.05, 3.63) is 30.5 Å². The lowest BCUT2D eigenvalue weighted by Gasteiger charge is -2.22. The Morgan fingerprint density at radius 1 is 1.29 bits per heavy atom. The van der Waals surface area contributed by atoms with E-state index in [4.69, 9.17) is 5.73 Å². The number of hydrogen-bond donors (Lipinski definition) is 1. The van der Waals surface area contributed by atoms with Gasteiger partial charge in [-0.1, -0.05) is 24.3 Å². The molecule has 1 aromatic carbocycles. The normalized spacial score (nSPS) is 10.7. The van der Waals surface area contributed by atoms with Crippen LogP contribution in [0.4, 0.5) is 5.82 Å². The van der Waals surface area contributed by atoms with Gasteiger partial charge in [0, 0.05) is 23.9 Å². The van der Waals surface area contributed by atoms with Gasteiger partial charge in [0.05, 0.1) is 6.20 Å². The van der Waals surface area contributed by atoms with Crippen LogP contribution in [0.25, 0.3) is 10.8 Å². The van der Waals surface area contributed by atoms with Crippen molar-refractivity contribution in [2.45, 2.75) is 13.3 Å². The van der Waals surface area contributed by atoms with Crippen molar-refractivity contribution in [3.63, 3.8) is 0 Å². The molecule has 0 saturated heterocycles. The molecule has 0 saturated carbocycles. The molecule has 0 radical (unpaired) electrons. The quantitative estimate of drug-likeness (QED) is 0.851. The number of rotatable bonds is 5. The van der Waals surface area contributed by atoms with Crippen LogP contribution in [-0.4, -0.2) is 29.8 Å². The van der Waals surface area contributed by atoms with Gasteiger partial charge in [0.15, 0.2) is 5.82 Å². The second kappa shape index (κ2) is 5.59. The fourth-order valence-electron chi connectivity index (χ4n) is 1.94. The Kier molecular flexibility index (Phi) is 3.88. The zero-order valence-corrected chi connectivity index (χ0v) is 10.1. The molecule has 0 atom stereocenters. The second-order valence-corrected chi connectivity index (χ2v) is 3.98. The van der Waals surface area contributed by atoms with Crippen LogP contribution in [-0.2, 0) is 0 Å². The summed E-state index contributed by atoms with van der Waals surface area (Å²) in [7, 11) is 0.